The third-order valence-electron chi connectivity index (χ3n) is 3.38. The molecule has 3 nitrogen and oxygen atoms in total. The summed E-state index contributed by atoms with van der Waals surface area (Å²) in [6.45, 7) is 10.9. The lowest BCUT2D eigenvalue weighted by atomic mass is 9.95. The van der Waals surface area contributed by atoms with Crippen molar-refractivity contribution in [2.75, 3.05) is 26.2 Å². The van der Waals surface area contributed by atoms with Crippen LogP contribution in [-0.2, 0) is 4.74 Å². The molecule has 0 spiro atoms. The van der Waals surface area contributed by atoms with Crippen molar-refractivity contribution in [2.45, 2.75) is 52.2 Å². The van der Waals surface area contributed by atoms with E-state index in [2.05, 4.69) is 25.7 Å². The number of ether oxygens (including phenoxy) is 1. The lowest BCUT2D eigenvalue weighted by molar-refractivity contribution is 0.0725. The molecule has 0 aromatic carbocycles. The Morgan fingerprint density at radius 3 is 2.75 bits per heavy atom. The predicted octanol–water partition coefficient (Wildman–Crippen LogP) is 1.86. The summed E-state index contributed by atoms with van der Waals surface area (Å²) >= 11 is 0. The largest absolute Gasteiger partial charge is 0.379 e. The summed E-state index contributed by atoms with van der Waals surface area (Å²) in [5.41, 5.74) is 6.00. The van der Waals surface area contributed by atoms with Gasteiger partial charge in [0, 0.05) is 19.2 Å². The Balaban J connectivity index is 2.01. The molecular formula is C13H28N2O. The fraction of sp³-hybridized carbons (Fsp3) is 1.00. The fourth-order valence-corrected chi connectivity index (χ4v) is 2.21. The second kappa shape index (κ2) is 7.25. The van der Waals surface area contributed by atoms with Crippen LogP contribution in [0.2, 0.25) is 0 Å². The van der Waals surface area contributed by atoms with Crippen LogP contribution >= 0.6 is 0 Å². The number of unbranched alkanes of at least 4 members (excludes halogenated alkanes) is 1. The number of piperidine rings is 1. The number of likely N-dealkylation sites (tertiary alicyclic amines) is 1. The molecule has 1 heterocycles. The van der Waals surface area contributed by atoms with E-state index in [0.717, 1.165) is 13.0 Å². The zero-order valence-electron chi connectivity index (χ0n) is 11.1. The average Bonchev–Trinajstić information content (AvgIpc) is 2.22. The highest BCUT2D eigenvalue weighted by Gasteiger charge is 2.22. The molecule has 0 radical (unpaired) electrons. The zero-order chi connectivity index (χ0) is 12.0. The summed E-state index contributed by atoms with van der Waals surface area (Å²) in [5, 5.41) is 0. The van der Waals surface area contributed by atoms with Crippen LogP contribution in [0.25, 0.3) is 0 Å². The van der Waals surface area contributed by atoms with Crippen LogP contribution in [0.5, 0.6) is 0 Å². The van der Waals surface area contributed by atoms with Gasteiger partial charge in [0.05, 0.1) is 6.10 Å². The number of hydrogen-bond acceptors (Lipinski definition) is 3. The van der Waals surface area contributed by atoms with Gasteiger partial charge in [-0.15, -0.1) is 0 Å². The van der Waals surface area contributed by atoms with Crippen molar-refractivity contribution >= 4 is 0 Å². The first-order valence-corrected chi connectivity index (χ1v) is 6.69. The van der Waals surface area contributed by atoms with E-state index in [1.807, 2.05) is 0 Å². The summed E-state index contributed by atoms with van der Waals surface area (Å²) in [5.74, 6) is 0.653. The van der Waals surface area contributed by atoms with Gasteiger partial charge < -0.3 is 15.4 Å². The van der Waals surface area contributed by atoms with Gasteiger partial charge in [-0.05, 0) is 52.1 Å². The van der Waals surface area contributed by atoms with E-state index in [0.29, 0.717) is 18.1 Å². The maximum absolute atomic E-state index is 6.00. The Morgan fingerprint density at radius 2 is 2.12 bits per heavy atom. The van der Waals surface area contributed by atoms with E-state index in [1.54, 1.807) is 0 Å². The smallest absolute Gasteiger partial charge is 0.0518 e. The Bertz CT molecular complexity index is 185. The molecule has 2 atom stereocenters. The van der Waals surface area contributed by atoms with Crippen LogP contribution in [0.1, 0.15) is 40.0 Å². The number of nitrogens with two attached hydrogens (primary N) is 1. The van der Waals surface area contributed by atoms with Gasteiger partial charge in [-0.2, -0.15) is 0 Å². The van der Waals surface area contributed by atoms with E-state index in [4.69, 9.17) is 10.5 Å². The van der Waals surface area contributed by atoms with Crippen molar-refractivity contribution in [3.05, 3.63) is 0 Å². The van der Waals surface area contributed by atoms with Gasteiger partial charge in [0.2, 0.25) is 0 Å². The van der Waals surface area contributed by atoms with Crippen LogP contribution in [0.15, 0.2) is 0 Å². The summed E-state index contributed by atoms with van der Waals surface area (Å²) in [7, 11) is 0. The van der Waals surface area contributed by atoms with Gasteiger partial charge in [0.25, 0.3) is 0 Å². The van der Waals surface area contributed by atoms with Crippen LogP contribution in [0.4, 0.5) is 0 Å². The predicted molar refractivity (Wildman–Crippen MR) is 68.5 cm³/mol. The monoisotopic (exact) mass is 228 g/mol. The second-order valence-electron chi connectivity index (χ2n) is 5.36. The van der Waals surface area contributed by atoms with E-state index in [9.17, 15) is 0 Å². The Kier molecular flexibility index (Phi) is 6.32. The van der Waals surface area contributed by atoms with Gasteiger partial charge in [-0.1, -0.05) is 6.92 Å². The normalized spacial score (nSPS) is 27.6. The SMILES string of the molecule is CC(C)OCCCCN1CCC(N)C(C)C1. The lowest BCUT2D eigenvalue weighted by Gasteiger charge is -2.35. The van der Waals surface area contributed by atoms with E-state index in [1.165, 1.54) is 32.5 Å². The van der Waals surface area contributed by atoms with Crippen molar-refractivity contribution in [3.8, 4) is 0 Å². The molecule has 0 bridgehead atoms. The van der Waals surface area contributed by atoms with Crippen molar-refractivity contribution in [3.63, 3.8) is 0 Å². The summed E-state index contributed by atoms with van der Waals surface area (Å²) in [6.07, 6.45) is 3.95. The molecular weight excluding hydrogens is 200 g/mol. The molecule has 0 aromatic rings. The Hall–Kier alpha value is -0.120. The first-order valence-electron chi connectivity index (χ1n) is 6.69. The third-order valence-corrected chi connectivity index (χ3v) is 3.38. The minimum absolute atomic E-state index is 0.369. The van der Waals surface area contributed by atoms with Crippen molar-refractivity contribution in [1.82, 2.24) is 4.90 Å². The molecule has 0 amide bonds. The highest BCUT2D eigenvalue weighted by atomic mass is 16.5. The van der Waals surface area contributed by atoms with Gasteiger partial charge in [-0.3, -0.25) is 0 Å². The highest BCUT2D eigenvalue weighted by Crippen LogP contribution is 2.15. The van der Waals surface area contributed by atoms with Crippen LogP contribution in [0, 0.1) is 5.92 Å². The van der Waals surface area contributed by atoms with Crippen LogP contribution in [0.3, 0.4) is 0 Å². The Labute approximate surface area is 100 Å². The molecule has 16 heavy (non-hydrogen) atoms. The molecule has 0 aliphatic carbocycles. The Morgan fingerprint density at radius 1 is 1.38 bits per heavy atom. The molecule has 0 saturated carbocycles. The van der Waals surface area contributed by atoms with Gasteiger partial charge in [0.1, 0.15) is 0 Å². The molecule has 1 rings (SSSR count). The molecule has 2 N–H and O–H groups in total. The van der Waals surface area contributed by atoms with Gasteiger partial charge >= 0.3 is 0 Å². The van der Waals surface area contributed by atoms with Crippen LogP contribution in [-0.4, -0.2) is 43.3 Å². The highest BCUT2D eigenvalue weighted by molar-refractivity contribution is 4.79. The standard InChI is InChI=1S/C13H28N2O/c1-11(2)16-9-5-4-7-15-8-6-13(14)12(3)10-15/h11-13H,4-10,14H2,1-3H3. The van der Waals surface area contributed by atoms with E-state index in [-0.39, 0.29) is 0 Å². The van der Waals surface area contributed by atoms with Gasteiger partial charge in [-0.25, -0.2) is 0 Å². The summed E-state index contributed by atoms with van der Waals surface area (Å²) in [4.78, 5) is 2.55. The lowest BCUT2D eigenvalue weighted by Crippen LogP contribution is -2.46. The van der Waals surface area contributed by atoms with Crippen molar-refractivity contribution in [2.24, 2.45) is 11.7 Å². The second-order valence-corrected chi connectivity index (χ2v) is 5.36. The van der Waals surface area contributed by atoms with Crippen LogP contribution < -0.4 is 5.73 Å². The van der Waals surface area contributed by atoms with Gasteiger partial charge in [0.15, 0.2) is 0 Å². The molecule has 0 aromatic heterocycles. The van der Waals surface area contributed by atoms with E-state index < -0.39 is 0 Å². The number of rotatable bonds is 6. The first kappa shape index (κ1) is 13.9. The molecule has 1 aliphatic heterocycles. The fourth-order valence-electron chi connectivity index (χ4n) is 2.21. The number of hydrogen-bond donors (Lipinski definition) is 1. The topological polar surface area (TPSA) is 38.5 Å². The summed E-state index contributed by atoms with van der Waals surface area (Å²) < 4.78 is 5.53. The average molecular weight is 228 g/mol. The molecule has 1 aliphatic rings. The first-order chi connectivity index (χ1) is 7.59. The third kappa shape index (κ3) is 5.28. The molecule has 2 unspecified atom stereocenters. The van der Waals surface area contributed by atoms with E-state index >= 15 is 0 Å². The maximum atomic E-state index is 6.00. The quantitative estimate of drug-likeness (QED) is 0.705. The molecule has 1 saturated heterocycles. The summed E-state index contributed by atoms with van der Waals surface area (Å²) in [6, 6.07) is 0.417. The van der Waals surface area contributed by atoms with Crippen molar-refractivity contribution in [1.29, 1.82) is 0 Å². The number of nitrogens with zero attached hydrogens (tertiary/aromatic N) is 1. The van der Waals surface area contributed by atoms with Crippen molar-refractivity contribution < 1.29 is 4.74 Å². The molecule has 1 fully saturated rings. The minimum Gasteiger partial charge on any atom is -0.379 e. The molecule has 96 valence electrons. The molecule has 3 heteroatoms. The minimum atomic E-state index is 0.369. The maximum Gasteiger partial charge on any atom is 0.0518 e. The zero-order valence-corrected chi connectivity index (χ0v) is 11.1.